The van der Waals surface area contributed by atoms with Crippen LogP contribution in [0.2, 0.25) is 0 Å². The fraction of sp³-hybridized carbons (Fsp3) is 0.0526. The SMILES string of the molecule is Cc1cc2nc(/C=C/c3cccnc3)cc(=O)n2n1-c1cccnc1. The van der Waals surface area contributed by atoms with Crippen molar-refractivity contribution in [1.29, 1.82) is 0 Å². The molecule has 0 aliphatic heterocycles. The summed E-state index contributed by atoms with van der Waals surface area (Å²) >= 11 is 0. The van der Waals surface area contributed by atoms with E-state index < -0.39 is 0 Å². The van der Waals surface area contributed by atoms with Crippen LogP contribution in [0.15, 0.2) is 66.0 Å². The molecule has 0 amide bonds. The highest BCUT2D eigenvalue weighted by atomic mass is 16.1. The van der Waals surface area contributed by atoms with Gasteiger partial charge in [0.05, 0.1) is 17.6 Å². The fourth-order valence-electron chi connectivity index (χ4n) is 2.75. The van der Waals surface area contributed by atoms with Gasteiger partial charge in [0.25, 0.3) is 5.56 Å². The number of fused-ring (bicyclic) bond motifs is 1. The van der Waals surface area contributed by atoms with Crippen molar-refractivity contribution in [2.45, 2.75) is 6.92 Å². The quantitative estimate of drug-likeness (QED) is 0.580. The predicted octanol–water partition coefficient (Wildman–Crippen LogP) is 2.75. The van der Waals surface area contributed by atoms with Gasteiger partial charge in [-0.25, -0.2) is 9.67 Å². The molecule has 6 nitrogen and oxygen atoms in total. The summed E-state index contributed by atoms with van der Waals surface area (Å²) in [7, 11) is 0. The van der Waals surface area contributed by atoms with Gasteiger partial charge in [-0.05, 0) is 36.8 Å². The van der Waals surface area contributed by atoms with E-state index in [1.807, 2.05) is 54.1 Å². The molecule has 0 bridgehead atoms. The number of pyridine rings is 2. The molecule has 0 saturated carbocycles. The lowest BCUT2D eigenvalue weighted by Crippen LogP contribution is -2.20. The van der Waals surface area contributed by atoms with Crippen LogP contribution in [0.5, 0.6) is 0 Å². The third-order valence-electron chi connectivity index (χ3n) is 3.83. The molecular formula is C19H15N5O. The molecule has 0 saturated heterocycles. The second-order valence-electron chi connectivity index (χ2n) is 5.62. The van der Waals surface area contributed by atoms with Gasteiger partial charge < -0.3 is 0 Å². The van der Waals surface area contributed by atoms with Crippen molar-refractivity contribution >= 4 is 17.8 Å². The predicted molar refractivity (Wildman–Crippen MR) is 96.5 cm³/mol. The highest BCUT2D eigenvalue weighted by molar-refractivity contribution is 5.68. The number of aryl methyl sites for hydroxylation is 1. The Morgan fingerprint density at radius 1 is 1.00 bits per heavy atom. The molecule has 0 unspecified atom stereocenters. The van der Waals surface area contributed by atoms with Crippen molar-refractivity contribution in [3.63, 3.8) is 0 Å². The largest absolute Gasteiger partial charge is 0.273 e. The van der Waals surface area contributed by atoms with Crippen LogP contribution >= 0.6 is 0 Å². The Hall–Kier alpha value is -3.54. The lowest BCUT2D eigenvalue weighted by atomic mass is 10.2. The first-order valence-corrected chi connectivity index (χ1v) is 7.83. The lowest BCUT2D eigenvalue weighted by Gasteiger charge is -2.08. The van der Waals surface area contributed by atoms with Crippen LogP contribution in [-0.2, 0) is 0 Å². The van der Waals surface area contributed by atoms with Gasteiger partial charge in [0, 0.05) is 36.4 Å². The number of aromatic nitrogens is 5. The number of nitrogens with zero attached hydrogens (tertiary/aromatic N) is 5. The molecular weight excluding hydrogens is 314 g/mol. The van der Waals surface area contributed by atoms with Crippen LogP contribution in [-0.4, -0.2) is 24.1 Å². The lowest BCUT2D eigenvalue weighted by molar-refractivity contribution is 0.740. The van der Waals surface area contributed by atoms with Crippen molar-refractivity contribution in [2.75, 3.05) is 0 Å². The van der Waals surface area contributed by atoms with E-state index in [1.54, 1.807) is 29.3 Å². The minimum absolute atomic E-state index is 0.146. The molecule has 0 spiro atoms. The van der Waals surface area contributed by atoms with E-state index in [9.17, 15) is 4.79 Å². The standard InChI is InChI=1S/C19H15N5O/c1-14-10-18-22-16(7-6-15-4-2-8-20-12-15)11-19(25)24(18)23(14)17-5-3-9-21-13-17/h2-13H,1H3/b7-6+. The molecule has 122 valence electrons. The zero-order chi connectivity index (χ0) is 17.2. The molecule has 4 aromatic heterocycles. The zero-order valence-electron chi connectivity index (χ0n) is 13.6. The molecule has 6 heteroatoms. The first-order valence-electron chi connectivity index (χ1n) is 7.83. The minimum Gasteiger partial charge on any atom is -0.267 e. The maximum atomic E-state index is 12.7. The molecule has 0 atom stereocenters. The second kappa shape index (κ2) is 6.16. The van der Waals surface area contributed by atoms with E-state index in [-0.39, 0.29) is 5.56 Å². The summed E-state index contributed by atoms with van der Waals surface area (Å²) in [6.07, 6.45) is 10.6. The van der Waals surface area contributed by atoms with E-state index in [1.165, 1.54) is 6.07 Å². The summed E-state index contributed by atoms with van der Waals surface area (Å²) < 4.78 is 3.36. The van der Waals surface area contributed by atoms with Crippen LogP contribution in [0.3, 0.4) is 0 Å². The van der Waals surface area contributed by atoms with E-state index in [0.29, 0.717) is 11.3 Å². The normalized spacial score (nSPS) is 11.4. The van der Waals surface area contributed by atoms with Gasteiger partial charge in [0.1, 0.15) is 0 Å². The van der Waals surface area contributed by atoms with Gasteiger partial charge in [0.15, 0.2) is 5.65 Å². The van der Waals surface area contributed by atoms with Crippen LogP contribution in [0, 0.1) is 6.92 Å². The Labute approximate surface area is 143 Å². The zero-order valence-corrected chi connectivity index (χ0v) is 13.6. The average Bonchev–Trinajstić information content (AvgIpc) is 2.98. The molecule has 0 aliphatic carbocycles. The molecule has 0 aromatic carbocycles. The van der Waals surface area contributed by atoms with Crippen LogP contribution < -0.4 is 5.56 Å². The Bertz CT molecular complexity index is 1110. The van der Waals surface area contributed by atoms with E-state index in [0.717, 1.165) is 16.9 Å². The van der Waals surface area contributed by atoms with Gasteiger partial charge in [-0.1, -0.05) is 12.1 Å². The molecule has 4 rings (SSSR count). The average molecular weight is 329 g/mol. The van der Waals surface area contributed by atoms with E-state index in [2.05, 4.69) is 15.0 Å². The highest BCUT2D eigenvalue weighted by Gasteiger charge is 2.11. The van der Waals surface area contributed by atoms with Crippen molar-refractivity contribution in [3.05, 3.63) is 88.5 Å². The number of hydrogen-bond acceptors (Lipinski definition) is 4. The Morgan fingerprint density at radius 2 is 1.80 bits per heavy atom. The third kappa shape index (κ3) is 2.85. The number of hydrogen-bond donors (Lipinski definition) is 0. The summed E-state index contributed by atoms with van der Waals surface area (Å²) in [6, 6.07) is 11.0. The second-order valence-corrected chi connectivity index (χ2v) is 5.62. The summed E-state index contributed by atoms with van der Waals surface area (Å²) in [5.74, 6) is 0. The van der Waals surface area contributed by atoms with Crippen molar-refractivity contribution in [3.8, 4) is 5.69 Å². The molecule has 0 radical (unpaired) electrons. The molecule has 4 aromatic rings. The smallest absolute Gasteiger partial charge is 0.267 e. The van der Waals surface area contributed by atoms with Gasteiger partial charge in [-0.2, -0.15) is 4.52 Å². The Balaban J connectivity index is 1.82. The third-order valence-corrected chi connectivity index (χ3v) is 3.83. The molecule has 0 aliphatic rings. The molecule has 4 heterocycles. The van der Waals surface area contributed by atoms with Gasteiger partial charge in [-0.3, -0.25) is 14.8 Å². The summed E-state index contributed by atoms with van der Waals surface area (Å²) in [5, 5.41) is 0. The maximum Gasteiger partial charge on any atom is 0.273 e. The van der Waals surface area contributed by atoms with Crippen molar-refractivity contribution < 1.29 is 0 Å². The van der Waals surface area contributed by atoms with Crippen molar-refractivity contribution in [1.82, 2.24) is 24.1 Å². The van der Waals surface area contributed by atoms with E-state index >= 15 is 0 Å². The van der Waals surface area contributed by atoms with Crippen LogP contribution in [0.1, 0.15) is 17.0 Å². The Kier molecular flexibility index (Phi) is 3.70. The van der Waals surface area contributed by atoms with Crippen molar-refractivity contribution in [2.24, 2.45) is 0 Å². The van der Waals surface area contributed by atoms with Crippen LogP contribution in [0.4, 0.5) is 0 Å². The van der Waals surface area contributed by atoms with Gasteiger partial charge in [-0.15, -0.1) is 0 Å². The molecule has 0 fully saturated rings. The molecule has 25 heavy (non-hydrogen) atoms. The minimum atomic E-state index is -0.146. The monoisotopic (exact) mass is 329 g/mol. The molecule has 0 N–H and O–H groups in total. The first kappa shape index (κ1) is 15.0. The summed E-state index contributed by atoms with van der Waals surface area (Å²) in [4.78, 5) is 25.4. The van der Waals surface area contributed by atoms with E-state index in [4.69, 9.17) is 0 Å². The topological polar surface area (TPSA) is 65.1 Å². The van der Waals surface area contributed by atoms with Gasteiger partial charge in [0.2, 0.25) is 0 Å². The van der Waals surface area contributed by atoms with Crippen LogP contribution in [0.25, 0.3) is 23.5 Å². The maximum absolute atomic E-state index is 12.7. The number of rotatable bonds is 3. The Morgan fingerprint density at radius 3 is 2.52 bits per heavy atom. The summed E-state index contributed by atoms with van der Waals surface area (Å²) in [5.41, 5.74) is 3.74. The highest BCUT2D eigenvalue weighted by Crippen LogP contribution is 2.14. The first-order chi connectivity index (χ1) is 12.2. The fourth-order valence-corrected chi connectivity index (χ4v) is 2.75. The summed E-state index contributed by atoms with van der Waals surface area (Å²) in [6.45, 7) is 1.94. The van der Waals surface area contributed by atoms with Gasteiger partial charge >= 0.3 is 0 Å².